The Bertz CT molecular complexity index is 226. The zero-order valence-corrected chi connectivity index (χ0v) is 6.44. The van der Waals surface area contributed by atoms with Crippen molar-refractivity contribution in [3.63, 3.8) is 0 Å². The summed E-state index contributed by atoms with van der Waals surface area (Å²) in [5.74, 6) is 0. The van der Waals surface area contributed by atoms with E-state index in [1.165, 1.54) is 11.1 Å². The lowest BCUT2D eigenvalue weighted by Crippen LogP contribution is -1.79. The van der Waals surface area contributed by atoms with E-state index < -0.39 is 0 Å². The van der Waals surface area contributed by atoms with Crippen LogP contribution in [0.5, 0.6) is 0 Å². The van der Waals surface area contributed by atoms with E-state index in [1.807, 2.05) is 13.0 Å². The van der Waals surface area contributed by atoms with Gasteiger partial charge in [-0.3, -0.25) is 0 Å². The Morgan fingerprint density at radius 3 is 2.60 bits per heavy atom. The maximum Gasteiger partial charge on any atom is -0.00735 e. The maximum absolute atomic E-state index is 3.68. The SMILES string of the molecule is C=Cc1[c]c(C)cc(C)c1. The van der Waals surface area contributed by atoms with E-state index >= 15 is 0 Å². The molecule has 0 unspecified atom stereocenters. The predicted octanol–water partition coefficient (Wildman–Crippen LogP) is 2.75. The summed E-state index contributed by atoms with van der Waals surface area (Å²) < 4.78 is 0. The summed E-state index contributed by atoms with van der Waals surface area (Å²) in [5.41, 5.74) is 3.53. The normalized spacial score (nSPS) is 9.40. The number of hydrogen-bond donors (Lipinski definition) is 0. The van der Waals surface area contributed by atoms with E-state index in [2.05, 4.69) is 31.7 Å². The first-order chi connectivity index (χ1) is 4.72. The second-order valence-corrected chi connectivity index (χ2v) is 2.50. The molecule has 1 rings (SSSR count). The van der Waals surface area contributed by atoms with Gasteiger partial charge in [-0.15, -0.1) is 0 Å². The molecule has 0 nitrogen and oxygen atoms in total. The molecule has 0 heteroatoms. The fourth-order valence-electron chi connectivity index (χ4n) is 1.04. The van der Waals surface area contributed by atoms with Gasteiger partial charge in [0.25, 0.3) is 0 Å². The second-order valence-electron chi connectivity index (χ2n) is 2.50. The van der Waals surface area contributed by atoms with E-state index in [-0.39, 0.29) is 0 Å². The van der Waals surface area contributed by atoms with Gasteiger partial charge in [0.15, 0.2) is 0 Å². The lowest BCUT2D eigenvalue weighted by Gasteiger charge is -1.97. The van der Waals surface area contributed by atoms with E-state index in [4.69, 9.17) is 0 Å². The van der Waals surface area contributed by atoms with Gasteiger partial charge in [-0.2, -0.15) is 0 Å². The predicted molar refractivity (Wildman–Crippen MR) is 44.8 cm³/mol. The Kier molecular flexibility index (Phi) is 1.91. The van der Waals surface area contributed by atoms with Crippen LogP contribution in [0.2, 0.25) is 0 Å². The Morgan fingerprint density at radius 1 is 1.40 bits per heavy atom. The molecule has 0 heterocycles. The Balaban J connectivity index is 3.18. The Morgan fingerprint density at radius 2 is 2.10 bits per heavy atom. The summed E-state index contributed by atoms with van der Waals surface area (Å²) in [7, 11) is 0. The molecule has 1 aromatic carbocycles. The van der Waals surface area contributed by atoms with Crippen molar-refractivity contribution >= 4 is 6.08 Å². The molecule has 0 aliphatic carbocycles. The van der Waals surface area contributed by atoms with Crippen LogP contribution in [0.15, 0.2) is 18.7 Å². The van der Waals surface area contributed by atoms with Crippen LogP contribution in [0, 0.1) is 19.9 Å². The van der Waals surface area contributed by atoms with Gasteiger partial charge in [-0.1, -0.05) is 30.4 Å². The van der Waals surface area contributed by atoms with Gasteiger partial charge >= 0.3 is 0 Å². The van der Waals surface area contributed by atoms with Gasteiger partial charge in [0, 0.05) is 0 Å². The highest BCUT2D eigenvalue weighted by Crippen LogP contribution is 2.07. The quantitative estimate of drug-likeness (QED) is 0.549. The third-order valence-electron chi connectivity index (χ3n) is 1.39. The molecule has 0 fully saturated rings. The van der Waals surface area contributed by atoms with E-state index in [1.54, 1.807) is 0 Å². The van der Waals surface area contributed by atoms with Crippen molar-refractivity contribution in [2.24, 2.45) is 0 Å². The summed E-state index contributed by atoms with van der Waals surface area (Å²) in [6, 6.07) is 7.35. The highest BCUT2D eigenvalue weighted by Gasteiger charge is 1.90. The topological polar surface area (TPSA) is 0 Å². The molecule has 0 N–H and O–H groups in total. The minimum Gasteiger partial charge on any atom is -0.0984 e. The zero-order chi connectivity index (χ0) is 7.56. The monoisotopic (exact) mass is 131 g/mol. The highest BCUT2D eigenvalue weighted by atomic mass is 13.9. The summed E-state index contributed by atoms with van der Waals surface area (Å²) in [4.78, 5) is 0. The largest absolute Gasteiger partial charge is 0.0984 e. The lowest BCUT2D eigenvalue weighted by molar-refractivity contribution is 1.37. The average Bonchev–Trinajstić information content (AvgIpc) is 1.85. The Hall–Kier alpha value is -1.04. The molecular weight excluding hydrogens is 120 g/mol. The molecule has 0 saturated heterocycles. The molecule has 0 saturated carbocycles. The van der Waals surface area contributed by atoms with Crippen LogP contribution in [0.25, 0.3) is 6.08 Å². The van der Waals surface area contributed by atoms with Crippen LogP contribution >= 0.6 is 0 Å². The van der Waals surface area contributed by atoms with Gasteiger partial charge in [0.05, 0.1) is 0 Å². The van der Waals surface area contributed by atoms with Gasteiger partial charge in [0.1, 0.15) is 0 Å². The smallest absolute Gasteiger partial charge is 0.00735 e. The van der Waals surface area contributed by atoms with Crippen LogP contribution < -0.4 is 0 Å². The zero-order valence-electron chi connectivity index (χ0n) is 6.44. The van der Waals surface area contributed by atoms with Crippen LogP contribution in [0.4, 0.5) is 0 Å². The maximum atomic E-state index is 3.68. The lowest BCUT2D eigenvalue weighted by atomic mass is 10.1. The van der Waals surface area contributed by atoms with Crippen molar-refractivity contribution in [1.29, 1.82) is 0 Å². The molecule has 0 amide bonds. The molecule has 0 aromatic heterocycles. The second kappa shape index (κ2) is 2.70. The molecule has 0 aliphatic heterocycles. The van der Waals surface area contributed by atoms with Gasteiger partial charge in [-0.25, -0.2) is 0 Å². The number of rotatable bonds is 1. The molecule has 10 heavy (non-hydrogen) atoms. The first-order valence-corrected chi connectivity index (χ1v) is 3.35. The van der Waals surface area contributed by atoms with Gasteiger partial charge < -0.3 is 0 Å². The van der Waals surface area contributed by atoms with Crippen molar-refractivity contribution < 1.29 is 0 Å². The molecule has 1 radical (unpaired) electrons. The fraction of sp³-hybridized carbons (Fsp3) is 0.200. The van der Waals surface area contributed by atoms with Crippen molar-refractivity contribution in [3.8, 4) is 0 Å². The van der Waals surface area contributed by atoms with Crippen LogP contribution in [0.3, 0.4) is 0 Å². The van der Waals surface area contributed by atoms with Crippen molar-refractivity contribution in [2.75, 3.05) is 0 Å². The van der Waals surface area contributed by atoms with E-state index in [0.717, 1.165) is 5.56 Å². The molecule has 0 spiro atoms. The third kappa shape index (κ3) is 1.47. The minimum atomic E-state index is 1.08. The standard InChI is InChI=1S/C10H11/c1-4-10-6-8(2)5-9(3)7-10/h4-6H,1H2,2-3H3. The number of benzene rings is 1. The molecule has 51 valence electrons. The molecule has 1 aromatic rings. The first kappa shape index (κ1) is 7.07. The molecule has 0 bridgehead atoms. The number of aryl methyl sites for hydroxylation is 2. The van der Waals surface area contributed by atoms with Crippen molar-refractivity contribution in [2.45, 2.75) is 13.8 Å². The van der Waals surface area contributed by atoms with E-state index in [9.17, 15) is 0 Å². The summed E-state index contributed by atoms with van der Waals surface area (Å²) in [6.45, 7) is 7.80. The summed E-state index contributed by atoms with van der Waals surface area (Å²) >= 11 is 0. The summed E-state index contributed by atoms with van der Waals surface area (Å²) in [5, 5.41) is 0. The third-order valence-corrected chi connectivity index (χ3v) is 1.39. The van der Waals surface area contributed by atoms with Crippen molar-refractivity contribution in [1.82, 2.24) is 0 Å². The summed E-state index contributed by atoms with van der Waals surface area (Å²) in [6.07, 6.45) is 1.82. The van der Waals surface area contributed by atoms with Crippen LogP contribution in [-0.2, 0) is 0 Å². The van der Waals surface area contributed by atoms with Crippen molar-refractivity contribution in [3.05, 3.63) is 41.5 Å². The fourth-order valence-corrected chi connectivity index (χ4v) is 1.04. The molecule has 0 aliphatic rings. The minimum absolute atomic E-state index is 1.08. The highest BCUT2D eigenvalue weighted by molar-refractivity contribution is 5.48. The van der Waals surface area contributed by atoms with Crippen LogP contribution in [-0.4, -0.2) is 0 Å². The van der Waals surface area contributed by atoms with Gasteiger partial charge in [0.2, 0.25) is 0 Å². The number of hydrogen-bond acceptors (Lipinski definition) is 0. The molecule has 0 atom stereocenters. The van der Waals surface area contributed by atoms with E-state index in [0.29, 0.717) is 0 Å². The molecular formula is C10H11. The average molecular weight is 131 g/mol. The first-order valence-electron chi connectivity index (χ1n) is 3.35. The Labute approximate surface area is 62.2 Å². The van der Waals surface area contributed by atoms with Gasteiger partial charge in [-0.05, 0) is 31.0 Å². The van der Waals surface area contributed by atoms with Crippen LogP contribution in [0.1, 0.15) is 16.7 Å².